The number of nitrogens with zero attached hydrogens (tertiary/aromatic N) is 1. The smallest absolute Gasteiger partial charge is 0.0655 e. The van der Waals surface area contributed by atoms with Gasteiger partial charge in [0.2, 0.25) is 0 Å². The third-order valence-corrected chi connectivity index (χ3v) is 2.75. The van der Waals surface area contributed by atoms with E-state index in [0.29, 0.717) is 0 Å². The van der Waals surface area contributed by atoms with Gasteiger partial charge in [-0.25, -0.2) is 0 Å². The van der Waals surface area contributed by atoms with Crippen LogP contribution in [0.25, 0.3) is 5.70 Å². The van der Waals surface area contributed by atoms with E-state index in [0.717, 1.165) is 18.5 Å². The summed E-state index contributed by atoms with van der Waals surface area (Å²) in [5.74, 6) is 0. The molecule has 0 fully saturated rings. The molecule has 176 valence electrons. The van der Waals surface area contributed by atoms with Crippen molar-refractivity contribution in [2.24, 2.45) is 4.99 Å². The average Bonchev–Trinajstić information content (AvgIpc) is 2.78. The minimum Gasteiger partial charge on any atom is -0.261 e. The van der Waals surface area contributed by atoms with Gasteiger partial charge in [0.25, 0.3) is 0 Å². The molecule has 0 aliphatic heterocycles. The van der Waals surface area contributed by atoms with Crippen molar-refractivity contribution in [2.45, 2.75) is 94.4 Å². The van der Waals surface area contributed by atoms with Gasteiger partial charge in [0.05, 0.1) is 5.70 Å². The number of rotatable bonds is 6. The summed E-state index contributed by atoms with van der Waals surface area (Å²) in [6, 6.07) is 10.2. The van der Waals surface area contributed by atoms with Gasteiger partial charge in [0, 0.05) is 6.21 Å². The lowest BCUT2D eigenvalue weighted by Gasteiger charge is -1.99. The maximum atomic E-state index is 4.37. The summed E-state index contributed by atoms with van der Waals surface area (Å²) in [4.78, 5) is 4.37. The van der Waals surface area contributed by atoms with Gasteiger partial charge >= 0.3 is 0 Å². The highest BCUT2D eigenvalue weighted by Crippen LogP contribution is 2.14. The van der Waals surface area contributed by atoms with Crippen LogP contribution in [-0.4, -0.2) is 12.5 Å². The lowest BCUT2D eigenvalue weighted by molar-refractivity contribution is 0.886. The molecule has 0 aliphatic rings. The second-order valence-corrected chi connectivity index (χ2v) is 6.04. The molecular formula is C28H53NS. The number of hydrogen-bond donors (Lipinski definition) is 1. The van der Waals surface area contributed by atoms with E-state index >= 15 is 0 Å². The van der Waals surface area contributed by atoms with Crippen LogP contribution in [0.4, 0.5) is 0 Å². The molecule has 1 aromatic carbocycles. The molecule has 2 heteroatoms. The summed E-state index contributed by atoms with van der Waals surface area (Å²) in [6.07, 6.45) is 13.6. The SMILES string of the molecule is C/C=C(\N=CCC)c1ccccc1.C=C(C)C.C=CCCC.CC.CCCC.CS. The predicted molar refractivity (Wildman–Crippen MR) is 151 cm³/mol. The van der Waals surface area contributed by atoms with Crippen LogP contribution in [0, 0.1) is 0 Å². The summed E-state index contributed by atoms with van der Waals surface area (Å²) in [5.41, 5.74) is 3.39. The maximum Gasteiger partial charge on any atom is 0.0655 e. The average molecular weight is 436 g/mol. The zero-order valence-electron chi connectivity index (χ0n) is 22.0. The number of unbranched alkanes of at least 4 members (excludes halogenated alkanes) is 2. The molecule has 0 bridgehead atoms. The van der Waals surface area contributed by atoms with Gasteiger partial charge in [0.15, 0.2) is 0 Å². The van der Waals surface area contributed by atoms with Crippen molar-refractivity contribution in [1.82, 2.24) is 0 Å². The topological polar surface area (TPSA) is 12.4 Å². The molecule has 0 heterocycles. The quantitative estimate of drug-likeness (QED) is 0.259. The van der Waals surface area contributed by atoms with Crippen molar-refractivity contribution in [3.8, 4) is 0 Å². The zero-order valence-corrected chi connectivity index (χ0v) is 22.9. The van der Waals surface area contributed by atoms with E-state index in [2.05, 4.69) is 70.6 Å². The molecular weight excluding hydrogens is 382 g/mol. The highest BCUT2D eigenvalue weighted by Gasteiger charge is 1.94. The standard InChI is InChI=1S/C12H15N.C5H10.C4H8.C4H10.C2H6.CH4S/c1-3-10-13-12(4-2)11-8-6-5-7-9-11;1-3-5-4-2;1-4(2)3;1-3-4-2;2*1-2/h4-10H,3H2,1-2H3;3H,1,4-5H2,2H3;1H2,2-3H3;3-4H2,1-2H3;1-2H3;2H,1H3/b12-4-,13-10?;;;;;. The summed E-state index contributed by atoms with van der Waals surface area (Å²) in [6.45, 7) is 25.6. The van der Waals surface area contributed by atoms with Crippen LogP contribution in [0.3, 0.4) is 0 Å². The Kier molecular flexibility index (Phi) is 54.3. The predicted octanol–water partition coefficient (Wildman–Crippen LogP) is 10.5. The third kappa shape index (κ3) is 45.3. The first-order valence-electron chi connectivity index (χ1n) is 11.4. The van der Waals surface area contributed by atoms with Gasteiger partial charge in [0.1, 0.15) is 0 Å². The number of allylic oxidation sites excluding steroid dienone is 3. The van der Waals surface area contributed by atoms with Crippen molar-refractivity contribution in [3.63, 3.8) is 0 Å². The Hall–Kier alpha value is -1.54. The molecule has 0 atom stereocenters. The minimum absolute atomic E-state index is 0.976. The van der Waals surface area contributed by atoms with Gasteiger partial charge in [-0.2, -0.15) is 12.6 Å². The lowest BCUT2D eigenvalue weighted by Crippen LogP contribution is -1.80. The molecule has 30 heavy (non-hydrogen) atoms. The van der Waals surface area contributed by atoms with Crippen molar-refractivity contribution in [1.29, 1.82) is 0 Å². The van der Waals surface area contributed by atoms with Crippen LogP contribution in [0.15, 0.2) is 66.2 Å². The number of hydrogen-bond acceptors (Lipinski definition) is 2. The largest absolute Gasteiger partial charge is 0.261 e. The van der Waals surface area contributed by atoms with Crippen molar-refractivity contribution in [3.05, 3.63) is 66.8 Å². The van der Waals surface area contributed by atoms with Gasteiger partial charge in [-0.15, -0.1) is 13.2 Å². The highest BCUT2D eigenvalue weighted by atomic mass is 32.1. The highest BCUT2D eigenvalue weighted by molar-refractivity contribution is 7.79. The van der Waals surface area contributed by atoms with Crippen LogP contribution in [0.1, 0.15) is 100.0 Å². The van der Waals surface area contributed by atoms with Crippen LogP contribution >= 0.6 is 12.6 Å². The molecule has 1 aromatic rings. The van der Waals surface area contributed by atoms with E-state index in [9.17, 15) is 0 Å². The second kappa shape index (κ2) is 41.7. The Labute approximate surface area is 196 Å². The Bertz CT molecular complexity index is 467. The molecule has 0 amide bonds. The van der Waals surface area contributed by atoms with E-state index in [1.807, 2.05) is 71.2 Å². The molecule has 1 rings (SSSR count). The second-order valence-electron chi connectivity index (χ2n) is 6.04. The molecule has 0 saturated carbocycles. The Morgan fingerprint density at radius 1 is 0.933 bits per heavy atom. The molecule has 0 unspecified atom stereocenters. The Morgan fingerprint density at radius 3 is 1.60 bits per heavy atom. The first-order chi connectivity index (χ1) is 14.4. The first-order valence-corrected chi connectivity index (χ1v) is 12.3. The van der Waals surface area contributed by atoms with E-state index in [-0.39, 0.29) is 0 Å². The van der Waals surface area contributed by atoms with Crippen LogP contribution in [0.2, 0.25) is 0 Å². The van der Waals surface area contributed by atoms with E-state index in [1.165, 1.54) is 30.4 Å². The molecule has 0 aliphatic carbocycles. The van der Waals surface area contributed by atoms with Crippen LogP contribution < -0.4 is 0 Å². The number of aliphatic imine (C=N–C) groups is 1. The van der Waals surface area contributed by atoms with Gasteiger partial charge in [-0.05, 0) is 45.4 Å². The molecule has 0 saturated heterocycles. The fourth-order valence-corrected chi connectivity index (χ4v) is 1.32. The van der Waals surface area contributed by atoms with Gasteiger partial charge < -0.3 is 0 Å². The fourth-order valence-electron chi connectivity index (χ4n) is 1.32. The summed E-state index contributed by atoms with van der Waals surface area (Å²) >= 11 is 3.53. The molecule has 0 aromatic heterocycles. The summed E-state index contributed by atoms with van der Waals surface area (Å²) < 4.78 is 0. The Balaban J connectivity index is -0.000000102. The van der Waals surface area contributed by atoms with Crippen molar-refractivity contribution < 1.29 is 0 Å². The first kappa shape index (κ1) is 39.0. The monoisotopic (exact) mass is 435 g/mol. The molecule has 1 nitrogen and oxygen atoms in total. The van der Waals surface area contributed by atoms with Gasteiger partial charge in [-0.3, -0.25) is 4.99 Å². The normalized spacial score (nSPS) is 8.83. The summed E-state index contributed by atoms with van der Waals surface area (Å²) in [5, 5.41) is 0. The maximum absolute atomic E-state index is 4.37. The van der Waals surface area contributed by atoms with Crippen molar-refractivity contribution in [2.75, 3.05) is 6.26 Å². The number of thiol groups is 1. The molecule has 0 radical (unpaired) electrons. The third-order valence-electron chi connectivity index (χ3n) is 2.75. The lowest BCUT2D eigenvalue weighted by atomic mass is 10.1. The molecule has 0 spiro atoms. The molecule has 0 N–H and O–H groups in total. The van der Waals surface area contributed by atoms with E-state index < -0.39 is 0 Å². The van der Waals surface area contributed by atoms with E-state index in [4.69, 9.17) is 0 Å². The zero-order chi connectivity index (χ0) is 24.6. The minimum atomic E-state index is 0.976. The Morgan fingerprint density at radius 2 is 1.37 bits per heavy atom. The number of benzene rings is 1. The fraction of sp³-hybridized carbons (Fsp3) is 0.536. The van der Waals surface area contributed by atoms with Crippen LogP contribution in [-0.2, 0) is 0 Å². The van der Waals surface area contributed by atoms with E-state index in [1.54, 1.807) is 6.26 Å². The van der Waals surface area contributed by atoms with Gasteiger partial charge in [-0.1, -0.05) is 109 Å². The summed E-state index contributed by atoms with van der Waals surface area (Å²) in [7, 11) is 0. The van der Waals surface area contributed by atoms with Crippen molar-refractivity contribution >= 4 is 24.5 Å². The van der Waals surface area contributed by atoms with Crippen LogP contribution in [0.5, 0.6) is 0 Å².